The first-order valence-electron chi connectivity index (χ1n) is 8.87. The summed E-state index contributed by atoms with van der Waals surface area (Å²) >= 11 is 13.4. The Labute approximate surface area is 173 Å². The van der Waals surface area contributed by atoms with Crippen LogP contribution in [0, 0.1) is 0 Å². The lowest BCUT2D eigenvalue weighted by Gasteiger charge is -2.15. The fourth-order valence-electron chi connectivity index (χ4n) is 3.09. The number of amides is 1. The zero-order valence-electron chi connectivity index (χ0n) is 15.2. The van der Waals surface area contributed by atoms with Gasteiger partial charge in [-0.3, -0.25) is 4.79 Å². The number of benzene rings is 1. The van der Waals surface area contributed by atoms with Crippen LogP contribution in [0.4, 0.5) is 0 Å². The zero-order chi connectivity index (χ0) is 19.4. The van der Waals surface area contributed by atoms with Gasteiger partial charge in [0.15, 0.2) is 17.1 Å². The molecule has 0 aliphatic heterocycles. The predicted molar refractivity (Wildman–Crippen MR) is 108 cm³/mol. The first-order chi connectivity index (χ1) is 12.9. The lowest BCUT2D eigenvalue weighted by Crippen LogP contribution is -2.33. The Bertz CT molecular complexity index is 809. The van der Waals surface area contributed by atoms with Gasteiger partial charge in [-0.25, -0.2) is 0 Å². The van der Waals surface area contributed by atoms with E-state index in [4.69, 9.17) is 27.9 Å². The van der Waals surface area contributed by atoms with Gasteiger partial charge in [-0.15, -0.1) is 10.2 Å². The molecule has 0 radical (unpaired) electrons. The van der Waals surface area contributed by atoms with Gasteiger partial charge in [-0.1, -0.05) is 47.8 Å². The van der Waals surface area contributed by atoms with Crippen molar-refractivity contribution in [3.8, 4) is 5.75 Å². The minimum absolute atomic E-state index is 0.0358. The molecule has 1 fully saturated rings. The van der Waals surface area contributed by atoms with Crippen molar-refractivity contribution in [1.82, 2.24) is 20.1 Å². The van der Waals surface area contributed by atoms with Gasteiger partial charge in [0.25, 0.3) is 0 Å². The highest BCUT2D eigenvalue weighted by molar-refractivity contribution is 7.99. The number of hydrogen-bond acceptors (Lipinski definition) is 5. The summed E-state index contributed by atoms with van der Waals surface area (Å²) in [4.78, 5) is 12.1. The molecule has 146 valence electrons. The highest BCUT2D eigenvalue weighted by Crippen LogP contribution is 2.31. The van der Waals surface area contributed by atoms with Crippen LogP contribution in [0.25, 0.3) is 0 Å². The number of aromatic nitrogens is 3. The molecule has 27 heavy (non-hydrogen) atoms. The number of halogens is 2. The molecule has 0 saturated heterocycles. The van der Waals surface area contributed by atoms with Crippen molar-refractivity contribution < 1.29 is 9.53 Å². The third-order valence-corrected chi connectivity index (χ3v) is 6.03. The summed E-state index contributed by atoms with van der Waals surface area (Å²) in [5, 5.41) is 13.1. The van der Waals surface area contributed by atoms with E-state index in [-0.39, 0.29) is 12.0 Å². The van der Waals surface area contributed by atoms with Crippen molar-refractivity contribution >= 4 is 40.9 Å². The number of ether oxygens (including phenoxy) is 1. The lowest BCUT2D eigenvalue weighted by molar-refractivity contribution is -0.119. The van der Waals surface area contributed by atoms with E-state index >= 15 is 0 Å². The van der Waals surface area contributed by atoms with Gasteiger partial charge in [0.1, 0.15) is 5.75 Å². The average molecular weight is 429 g/mol. The third-order valence-electron chi connectivity index (χ3n) is 4.48. The minimum atomic E-state index is -0.358. The normalized spacial score (nSPS) is 15.7. The number of carbonyl (C=O) groups is 1. The van der Waals surface area contributed by atoms with Crippen molar-refractivity contribution in [2.45, 2.75) is 49.9 Å². The van der Waals surface area contributed by atoms with Gasteiger partial charge in [0, 0.05) is 18.1 Å². The monoisotopic (exact) mass is 428 g/mol. The molecule has 0 spiro atoms. The van der Waals surface area contributed by atoms with Crippen LogP contribution in [0.1, 0.15) is 44.5 Å². The van der Waals surface area contributed by atoms with Crippen molar-refractivity contribution in [1.29, 1.82) is 0 Å². The van der Waals surface area contributed by atoms with Crippen LogP contribution in [-0.4, -0.2) is 32.5 Å². The standard InChI is InChI=1S/C18H22Cl2N4O2S/c1-11(26-15-8-7-12(19)9-14(15)20)17-22-23-18(24(17)2)27-10-16(25)21-13-5-3-4-6-13/h7-9,11,13H,3-6,10H2,1-2H3,(H,21,25). The largest absolute Gasteiger partial charge is 0.481 e. The SMILES string of the molecule is CC(Oc1ccc(Cl)cc1Cl)c1nnc(SCC(=O)NC2CCCC2)n1C. The van der Waals surface area contributed by atoms with Crippen LogP contribution < -0.4 is 10.1 Å². The number of nitrogens with zero attached hydrogens (tertiary/aromatic N) is 3. The van der Waals surface area contributed by atoms with E-state index in [1.165, 1.54) is 24.6 Å². The molecule has 9 heteroatoms. The predicted octanol–water partition coefficient (Wildman–Crippen LogP) is 4.41. The average Bonchev–Trinajstić information content (AvgIpc) is 3.25. The first kappa shape index (κ1) is 20.3. The molecular formula is C18H22Cl2N4O2S. The van der Waals surface area contributed by atoms with Crippen LogP contribution in [0.3, 0.4) is 0 Å². The number of thioether (sulfide) groups is 1. The summed E-state index contributed by atoms with van der Waals surface area (Å²) in [5.41, 5.74) is 0. The number of hydrogen-bond donors (Lipinski definition) is 1. The first-order valence-corrected chi connectivity index (χ1v) is 10.6. The Morgan fingerprint density at radius 1 is 1.37 bits per heavy atom. The third kappa shape index (κ3) is 5.30. The van der Waals surface area contributed by atoms with E-state index < -0.39 is 0 Å². The Morgan fingerprint density at radius 3 is 2.81 bits per heavy atom. The number of carbonyl (C=O) groups excluding carboxylic acids is 1. The van der Waals surface area contributed by atoms with Gasteiger partial charge in [-0.2, -0.15) is 0 Å². The van der Waals surface area contributed by atoms with Gasteiger partial charge in [0.2, 0.25) is 5.91 Å². The van der Waals surface area contributed by atoms with Gasteiger partial charge < -0.3 is 14.6 Å². The molecular weight excluding hydrogens is 407 g/mol. The summed E-state index contributed by atoms with van der Waals surface area (Å²) in [6.45, 7) is 1.87. The van der Waals surface area contributed by atoms with Crippen molar-refractivity contribution in [2.24, 2.45) is 7.05 Å². The van der Waals surface area contributed by atoms with Gasteiger partial charge in [0.05, 0.1) is 10.8 Å². The summed E-state index contributed by atoms with van der Waals surface area (Å²) < 4.78 is 7.73. The molecule has 1 aliphatic carbocycles. The van der Waals surface area contributed by atoms with Crippen molar-refractivity contribution in [2.75, 3.05) is 5.75 Å². The molecule has 2 aromatic rings. The van der Waals surface area contributed by atoms with Gasteiger partial charge in [-0.05, 0) is 38.0 Å². The zero-order valence-corrected chi connectivity index (χ0v) is 17.6. The molecule has 1 aromatic heterocycles. The smallest absolute Gasteiger partial charge is 0.230 e. The topological polar surface area (TPSA) is 69.0 Å². The molecule has 1 aliphatic rings. The summed E-state index contributed by atoms with van der Waals surface area (Å²) in [6, 6.07) is 5.40. The van der Waals surface area contributed by atoms with Crippen LogP contribution in [0.2, 0.25) is 10.0 Å². The minimum Gasteiger partial charge on any atom is -0.481 e. The van der Waals surface area contributed by atoms with Crippen molar-refractivity contribution in [3.63, 3.8) is 0 Å². The van der Waals surface area contributed by atoms with E-state index in [1.54, 1.807) is 18.2 Å². The summed E-state index contributed by atoms with van der Waals surface area (Å²) in [5.74, 6) is 1.54. The Balaban J connectivity index is 1.57. The molecule has 6 nitrogen and oxygen atoms in total. The van der Waals surface area contributed by atoms with Crippen LogP contribution >= 0.6 is 35.0 Å². The number of rotatable bonds is 7. The highest BCUT2D eigenvalue weighted by atomic mass is 35.5. The molecule has 0 bridgehead atoms. The van der Waals surface area contributed by atoms with E-state index in [0.717, 1.165) is 12.8 Å². The fourth-order valence-corrected chi connectivity index (χ4v) is 4.27. The lowest BCUT2D eigenvalue weighted by atomic mass is 10.2. The molecule has 1 unspecified atom stereocenters. The second-order valence-electron chi connectivity index (χ2n) is 6.57. The number of nitrogens with one attached hydrogen (secondary N) is 1. The van der Waals surface area contributed by atoms with Crippen LogP contribution in [0.5, 0.6) is 5.75 Å². The summed E-state index contributed by atoms with van der Waals surface area (Å²) in [6.07, 6.45) is 4.18. The van der Waals surface area contributed by atoms with E-state index in [0.29, 0.717) is 38.6 Å². The second-order valence-corrected chi connectivity index (χ2v) is 8.36. The molecule has 1 amide bonds. The van der Waals surface area contributed by atoms with Crippen molar-refractivity contribution in [3.05, 3.63) is 34.1 Å². The Morgan fingerprint density at radius 2 is 2.11 bits per heavy atom. The van der Waals surface area contributed by atoms with Gasteiger partial charge >= 0.3 is 0 Å². The maximum atomic E-state index is 12.1. The molecule has 3 rings (SSSR count). The second kappa shape index (κ2) is 9.17. The Kier molecular flexibility index (Phi) is 6.89. The maximum absolute atomic E-state index is 12.1. The van der Waals surface area contributed by atoms with E-state index in [9.17, 15) is 4.79 Å². The van der Waals surface area contributed by atoms with E-state index in [1.807, 2.05) is 18.5 Å². The Hall–Kier alpha value is -1.44. The fraction of sp³-hybridized carbons (Fsp3) is 0.500. The molecule has 1 atom stereocenters. The van der Waals surface area contributed by atoms with Crippen LogP contribution in [0.15, 0.2) is 23.4 Å². The van der Waals surface area contributed by atoms with Crippen LogP contribution in [-0.2, 0) is 11.8 Å². The quantitative estimate of drug-likeness (QED) is 0.661. The maximum Gasteiger partial charge on any atom is 0.230 e. The van der Waals surface area contributed by atoms with E-state index in [2.05, 4.69) is 15.5 Å². The molecule has 1 heterocycles. The summed E-state index contributed by atoms with van der Waals surface area (Å²) in [7, 11) is 1.86. The highest BCUT2D eigenvalue weighted by Gasteiger charge is 2.20. The molecule has 1 saturated carbocycles. The molecule has 1 aromatic carbocycles. The molecule has 1 N–H and O–H groups in total.